The Labute approximate surface area is 118 Å². The van der Waals surface area contributed by atoms with Crippen LogP contribution in [0.5, 0.6) is 0 Å². The summed E-state index contributed by atoms with van der Waals surface area (Å²) in [7, 11) is 4.56. The van der Waals surface area contributed by atoms with E-state index in [-0.39, 0.29) is 0 Å². The average molecular weight is 262 g/mol. The van der Waals surface area contributed by atoms with E-state index in [4.69, 9.17) is 0 Å². The van der Waals surface area contributed by atoms with Crippen LogP contribution in [-0.2, 0) is 0 Å². The standard InChI is InChI=1S/C17H30N2/c1-18-16(11-19(2)15-3-4-15)17-8-12-5-13(9-17)7-14(6-12)10-17/h12-16,18H,3-11H2,1-2H3. The van der Waals surface area contributed by atoms with Crippen LogP contribution >= 0.6 is 0 Å². The molecule has 2 nitrogen and oxygen atoms in total. The summed E-state index contributed by atoms with van der Waals surface area (Å²) in [5.41, 5.74) is 0.659. The molecular formula is C17H30N2. The molecule has 0 amide bonds. The van der Waals surface area contributed by atoms with Gasteiger partial charge in [-0.3, -0.25) is 0 Å². The van der Waals surface area contributed by atoms with Gasteiger partial charge in [0.05, 0.1) is 0 Å². The van der Waals surface area contributed by atoms with Crippen molar-refractivity contribution >= 4 is 0 Å². The van der Waals surface area contributed by atoms with Crippen LogP contribution in [0.3, 0.4) is 0 Å². The van der Waals surface area contributed by atoms with Crippen molar-refractivity contribution in [3.8, 4) is 0 Å². The van der Waals surface area contributed by atoms with Gasteiger partial charge in [-0.15, -0.1) is 0 Å². The molecule has 19 heavy (non-hydrogen) atoms. The smallest absolute Gasteiger partial charge is 0.0248 e. The molecule has 0 aromatic carbocycles. The first-order valence-corrected chi connectivity index (χ1v) is 8.56. The molecule has 5 fully saturated rings. The van der Waals surface area contributed by atoms with Crippen LogP contribution in [-0.4, -0.2) is 37.6 Å². The first-order chi connectivity index (χ1) is 9.18. The first kappa shape index (κ1) is 12.6. The SMILES string of the molecule is CNC(CN(C)C1CC1)C12CC3CC(CC(C3)C1)C2. The summed E-state index contributed by atoms with van der Waals surface area (Å²) < 4.78 is 0. The summed E-state index contributed by atoms with van der Waals surface area (Å²) in [6.07, 6.45) is 12.2. The highest BCUT2D eigenvalue weighted by molar-refractivity contribution is 5.06. The van der Waals surface area contributed by atoms with Crippen molar-refractivity contribution in [1.82, 2.24) is 10.2 Å². The topological polar surface area (TPSA) is 15.3 Å². The molecule has 0 aromatic heterocycles. The number of nitrogens with one attached hydrogen (secondary N) is 1. The van der Waals surface area contributed by atoms with Gasteiger partial charge in [-0.05, 0) is 88.6 Å². The van der Waals surface area contributed by atoms with Crippen molar-refractivity contribution in [3.63, 3.8) is 0 Å². The van der Waals surface area contributed by atoms with Crippen LogP contribution in [0, 0.1) is 23.2 Å². The van der Waals surface area contributed by atoms with Crippen LogP contribution in [0.2, 0.25) is 0 Å². The Morgan fingerprint density at radius 3 is 2.00 bits per heavy atom. The zero-order chi connectivity index (χ0) is 13.0. The zero-order valence-electron chi connectivity index (χ0n) is 12.7. The minimum atomic E-state index is 0.659. The molecule has 5 aliphatic carbocycles. The molecular weight excluding hydrogens is 232 g/mol. The van der Waals surface area contributed by atoms with Crippen molar-refractivity contribution < 1.29 is 0 Å². The minimum Gasteiger partial charge on any atom is -0.315 e. The van der Waals surface area contributed by atoms with Gasteiger partial charge in [0.1, 0.15) is 0 Å². The molecule has 2 heteroatoms. The number of likely N-dealkylation sites (N-methyl/N-ethyl adjacent to an activating group) is 2. The molecule has 5 rings (SSSR count). The number of rotatable bonds is 5. The van der Waals surface area contributed by atoms with E-state index in [0.29, 0.717) is 5.41 Å². The number of hydrogen-bond acceptors (Lipinski definition) is 2. The Hall–Kier alpha value is -0.0800. The van der Waals surface area contributed by atoms with Gasteiger partial charge < -0.3 is 10.2 Å². The molecule has 1 atom stereocenters. The third kappa shape index (κ3) is 2.15. The molecule has 5 aliphatic rings. The van der Waals surface area contributed by atoms with E-state index in [9.17, 15) is 0 Å². The molecule has 0 radical (unpaired) electrons. The highest BCUT2D eigenvalue weighted by atomic mass is 15.2. The maximum absolute atomic E-state index is 3.73. The maximum Gasteiger partial charge on any atom is 0.0248 e. The van der Waals surface area contributed by atoms with Crippen LogP contribution in [0.25, 0.3) is 0 Å². The Bertz CT molecular complexity index is 312. The second kappa shape index (κ2) is 4.46. The molecule has 0 saturated heterocycles. The van der Waals surface area contributed by atoms with Crippen molar-refractivity contribution in [2.24, 2.45) is 23.2 Å². The predicted molar refractivity (Wildman–Crippen MR) is 79.1 cm³/mol. The molecule has 5 saturated carbocycles. The quantitative estimate of drug-likeness (QED) is 0.819. The van der Waals surface area contributed by atoms with Gasteiger partial charge in [-0.25, -0.2) is 0 Å². The summed E-state index contributed by atoms with van der Waals surface area (Å²) in [6, 6.07) is 1.65. The summed E-state index contributed by atoms with van der Waals surface area (Å²) in [4.78, 5) is 2.64. The number of hydrogen-bond donors (Lipinski definition) is 1. The first-order valence-electron chi connectivity index (χ1n) is 8.56. The lowest BCUT2D eigenvalue weighted by Gasteiger charge is -2.60. The van der Waals surface area contributed by atoms with Gasteiger partial charge in [0.15, 0.2) is 0 Å². The van der Waals surface area contributed by atoms with Crippen LogP contribution < -0.4 is 5.32 Å². The molecule has 1 N–H and O–H groups in total. The predicted octanol–water partition coefficient (Wildman–Crippen LogP) is 2.89. The minimum absolute atomic E-state index is 0.659. The second-order valence-corrected chi connectivity index (χ2v) is 8.29. The van der Waals surface area contributed by atoms with Crippen molar-refractivity contribution in [2.45, 2.75) is 63.5 Å². The molecule has 0 aromatic rings. The van der Waals surface area contributed by atoms with Crippen molar-refractivity contribution in [2.75, 3.05) is 20.6 Å². The highest BCUT2D eigenvalue weighted by Gasteiger charge is 2.54. The maximum atomic E-state index is 3.73. The number of nitrogens with zero attached hydrogens (tertiary/aromatic N) is 1. The lowest BCUT2D eigenvalue weighted by Crippen LogP contribution is -2.58. The molecule has 0 heterocycles. The van der Waals surface area contributed by atoms with E-state index in [2.05, 4.69) is 24.3 Å². The Morgan fingerprint density at radius 2 is 1.58 bits per heavy atom. The van der Waals surface area contributed by atoms with E-state index in [1.54, 1.807) is 19.3 Å². The van der Waals surface area contributed by atoms with Gasteiger partial charge in [-0.1, -0.05) is 0 Å². The molecule has 1 unspecified atom stereocenters. The lowest BCUT2D eigenvalue weighted by atomic mass is 9.47. The fourth-order valence-electron chi connectivity index (χ4n) is 6.15. The Kier molecular flexibility index (Phi) is 2.97. The Morgan fingerprint density at radius 1 is 1.05 bits per heavy atom. The average Bonchev–Trinajstić information content (AvgIpc) is 3.17. The fourth-order valence-corrected chi connectivity index (χ4v) is 6.15. The summed E-state index contributed by atoms with van der Waals surface area (Å²) in [6.45, 7) is 1.29. The van der Waals surface area contributed by atoms with Crippen LogP contribution in [0.4, 0.5) is 0 Å². The second-order valence-electron chi connectivity index (χ2n) is 8.29. The highest BCUT2D eigenvalue weighted by Crippen LogP contribution is 2.61. The van der Waals surface area contributed by atoms with Gasteiger partial charge in [-0.2, -0.15) is 0 Å². The van der Waals surface area contributed by atoms with Gasteiger partial charge in [0.25, 0.3) is 0 Å². The molecule has 0 spiro atoms. The molecule has 4 bridgehead atoms. The van der Waals surface area contributed by atoms with E-state index in [1.807, 2.05) is 0 Å². The monoisotopic (exact) mass is 262 g/mol. The van der Waals surface area contributed by atoms with Crippen LogP contribution in [0.15, 0.2) is 0 Å². The third-order valence-corrected chi connectivity index (χ3v) is 6.81. The van der Waals surface area contributed by atoms with Gasteiger partial charge in [0.2, 0.25) is 0 Å². The Balaban J connectivity index is 1.51. The summed E-state index contributed by atoms with van der Waals surface area (Å²) >= 11 is 0. The van der Waals surface area contributed by atoms with Gasteiger partial charge in [0, 0.05) is 18.6 Å². The third-order valence-electron chi connectivity index (χ3n) is 6.81. The zero-order valence-corrected chi connectivity index (χ0v) is 12.7. The normalized spacial score (nSPS) is 45.9. The van der Waals surface area contributed by atoms with Gasteiger partial charge >= 0.3 is 0 Å². The molecule has 0 aliphatic heterocycles. The van der Waals surface area contributed by atoms with E-state index < -0.39 is 0 Å². The summed E-state index contributed by atoms with van der Waals surface area (Å²) in [5.74, 6) is 3.23. The fraction of sp³-hybridized carbons (Fsp3) is 1.00. The van der Waals surface area contributed by atoms with E-state index in [1.165, 1.54) is 38.6 Å². The van der Waals surface area contributed by atoms with Crippen molar-refractivity contribution in [1.29, 1.82) is 0 Å². The van der Waals surface area contributed by atoms with Crippen LogP contribution in [0.1, 0.15) is 51.4 Å². The van der Waals surface area contributed by atoms with Crippen molar-refractivity contribution in [3.05, 3.63) is 0 Å². The summed E-state index contributed by atoms with van der Waals surface area (Å²) in [5, 5.41) is 3.73. The largest absolute Gasteiger partial charge is 0.315 e. The molecule has 108 valence electrons. The lowest BCUT2D eigenvalue weighted by molar-refractivity contribution is -0.0768. The van der Waals surface area contributed by atoms with E-state index >= 15 is 0 Å². The van der Waals surface area contributed by atoms with E-state index in [0.717, 1.165) is 29.8 Å².